The molecule has 1 aliphatic carbocycles. The molecular weight excluding hydrogens is 528 g/mol. The van der Waals surface area contributed by atoms with E-state index in [9.17, 15) is 15.3 Å². The topological polar surface area (TPSA) is 114 Å². The number of ether oxygens (including phenoxy) is 3. The maximum absolute atomic E-state index is 12.5. The molecule has 1 fully saturated rings. The summed E-state index contributed by atoms with van der Waals surface area (Å²) in [6.07, 6.45) is 2.60. The van der Waals surface area contributed by atoms with Gasteiger partial charge in [-0.3, -0.25) is 0 Å². The molecule has 2 aromatic heterocycles. The minimum absolute atomic E-state index is 0.116. The van der Waals surface area contributed by atoms with E-state index in [-0.39, 0.29) is 18.2 Å². The number of aliphatic hydroxyl groups is 3. The fourth-order valence-electron chi connectivity index (χ4n) is 4.84. The van der Waals surface area contributed by atoms with Crippen molar-refractivity contribution in [3.63, 3.8) is 0 Å². The van der Waals surface area contributed by atoms with Crippen LogP contribution in [0.4, 0.5) is 0 Å². The van der Waals surface area contributed by atoms with Crippen molar-refractivity contribution in [3.8, 4) is 17.6 Å². The van der Waals surface area contributed by atoms with Gasteiger partial charge in [0.05, 0.1) is 45.2 Å². The van der Waals surface area contributed by atoms with Gasteiger partial charge in [-0.15, -0.1) is 0 Å². The van der Waals surface area contributed by atoms with Crippen molar-refractivity contribution >= 4 is 26.8 Å². The van der Waals surface area contributed by atoms with Gasteiger partial charge in [0.1, 0.15) is 0 Å². The van der Waals surface area contributed by atoms with Crippen molar-refractivity contribution in [2.45, 2.75) is 49.7 Å². The van der Waals surface area contributed by atoms with Crippen LogP contribution in [0, 0.1) is 5.92 Å². The van der Waals surface area contributed by atoms with Crippen molar-refractivity contribution in [2.24, 2.45) is 5.92 Å². The zero-order valence-corrected chi connectivity index (χ0v) is 22.4. The molecule has 0 saturated heterocycles. The molecule has 3 atom stereocenters. The number of hydrogen-bond acceptors (Lipinski definition) is 8. The molecule has 0 radical (unpaired) electrons. The number of aliphatic hydroxyl groups excluding tert-OH is 2. The SMILES string of the molecule is COc1cc(C(O)(CC(O)CO)C(CCC2CC2)c2cc3cc(Br)ccc3nc2OC)cc(OC)n1. The molecule has 194 valence electrons. The third kappa shape index (κ3) is 5.75. The van der Waals surface area contributed by atoms with Gasteiger partial charge in [-0.05, 0) is 48.6 Å². The number of rotatable bonds is 12. The summed E-state index contributed by atoms with van der Waals surface area (Å²) >= 11 is 3.53. The molecule has 8 nitrogen and oxygen atoms in total. The Morgan fingerprint density at radius 1 is 1.03 bits per heavy atom. The molecule has 0 bridgehead atoms. The number of methoxy groups -OCH3 is 3. The van der Waals surface area contributed by atoms with E-state index in [1.54, 1.807) is 19.2 Å². The van der Waals surface area contributed by atoms with Gasteiger partial charge in [0.2, 0.25) is 17.6 Å². The monoisotopic (exact) mass is 560 g/mol. The average Bonchev–Trinajstić information content (AvgIpc) is 3.72. The first-order valence-corrected chi connectivity index (χ1v) is 12.9. The Morgan fingerprint density at radius 2 is 1.72 bits per heavy atom. The van der Waals surface area contributed by atoms with Gasteiger partial charge in [-0.1, -0.05) is 28.8 Å². The van der Waals surface area contributed by atoms with Gasteiger partial charge in [0.25, 0.3) is 0 Å². The highest BCUT2D eigenvalue weighted by molar-refractivity contribution is 9.10. The first-order valence-electron chi connectivity index (χ1n) is 12.1. The van der Waals surface area contributed by atoms with E-state index in [1.807, 2.05) is 24.3 Å². The predicted molar refractivity (Wildman–Crippen MR) is 140 cm³/mol. The Balaban J connectivity index is 1.93. The van der Waals surface area contributed by atoms with Crippen LogP contribution in [0.15, 0.2) is 40.9 Å². The lowest BCUT2D eigenvalue weighted by Crippen LogP contribution is -2.39. The van der Waals surface area contributed by atoms with Crippen LogP contribution >= 0.6 is 15.9 Å². The number of fused-ring (bicyclic) bond motifs is 1. The van der Waals surface area contributed by atoms with Crippen molar-refractivity contribution in [3.05, 3.63) is 52.0 Å². The molecule has 2 heterocycles. The maximum atomic E-state index is 12.5. The van der Waals surface area contributed by atoms with E-state index in [0.29, 0.717) is 23.8 Å². The second-order valence-electron chi connectivity index (χ2n) is 9.40. The lowest BCUT2D eigenvalue weighted by atomic mass is 9.72. The summed E-state index contributed by atoms with van der Waals surface area (Å²) in [5.41, 5.74) is 0.350. The molecule has 3 unspecified atom stereocenters. The summed E-state index contributed by atoms with van der Waals surface area (Å²) < 4.78 is 17.4. The summed E-state index contributed by atoms with van der Waals surface area (Å²) in [6.45, 7) is -0.489. The Labute approximate surface area is 219 Å². The number of nitrogens with zero attached hydrogens (tertiary/aromatic N) is 2. The second kappa shape index (κ2) is 11.3. The van der Waals surface area contributed by atoms with Gasteiger partial charge in [-0.25, -0.2) is 4.98 Å². The summed E-state index contributed by atoms with van der Waals surface area (Å²) in [5, 5.41) is 33.7. The van der Waals surface area contributed by atoms with Crippen molar-refractivity contribution in [2.75, 3.05) is 27.9 Å². The highest BCUT2D eigenvalue weighted by atomic mass is 79.9. The largest absolute Gasteiger partial charge is 0.481 e. The van der Waals surface area contributed by atoms with Gasteiger partial charge < -0.3 is 29.5 Å². The van der Waals surface area contributed by atoms with E-state index in [2.05, 4.69) is 20.9 Å². The van der Waals surface area contributed by atoms with Crippen molar-refractivity contribution < 1.29 is 29.5 Å². The summed E-state index contributed by atoms with van der Waals surface area (Å²) in [6, 6.07) is 11.1. The standard InChI is InChI=1S/C27H33BrN2O6/c1-34-24-12-18(13-25(30-24)35-2)27(33,14-20(32)15-31)22(8-6-16-4-5-16)21-11-17-10-19(28)7-9-23(17)29-26(21)36-3/h7,9-13,16,20,22,31-33H,4-6,8,14-15H2,1-3H3. The molecule has 9 heteroatoms. The third-order valence-electron chi connectivity index (χ3n) is 6.93. The summed E-state index contributed by atoms with van der Waals surface area (Å²) in [7, 11) is 4.55. The summed E-state index contributed by atoms with van der Waals surface area (Å²) in [5.74, 6) is 1.05. The van der Waals surface area contributed by atoms with E-state index in [4.69, 9.17) is 19.2 Å². The fourth-order valence-corrected chi connectivity index (χ4v) is 5.22. The molecule has 3 N–H and O–H groups in total. The Kier molecular flexibility index (Phi) is 8.34. The Bertz CT molecular complexity index is 1180. The van der Waals surface area contributed by atoms with E-state index < -0.39 is 24.2 Å². The number of hydrogen-bond donors (Lipinski definition) is 3. The average molecular weight is 561 g/mol. The smallest absolute Gasteiger partial charge is 0.217 e. The van der Waals surface area contributed by atoms with Gasteiger partial charge in [0.15, 0.2) is 0 Å². The number of halogens is 1. The normalized spacial score (nSPS) is 16.9. The minimum atomic E-state index is -1.62. The summed E-state index contributed by atoms with van der Waals surface area (Å²) in [4.78, 5) is 9.02. The lowest BCUT2D eigenvalue weighted by molar-refractivity contribution is -0.0528. The van der Waals surface area contributed by atoms with Crippen LogP contribution in [-0.4, -0.2) is 59.3 Å². The van der Waals surface area contributed by atoms with Crippen LogP contribution in [-0.2, 0) is 5.60 Å². The Morgan fingerprint density at radius 3 is 2.31 bits per heavy atom. The fraction of sp³-hybridized carbons (Fsp3) is 0.481. The highest BCUT2D eigenvalue weighted by Gasteiger charge is 2.44. The molecule has 36 heavy (non-hydrogen) atoms. The van der Waals surface area contributed by atoms with Crippen molar-refractivity contribution in [1.82, 2.24) is 9.97 Å². The van der Waals surface area contributed by atoms with Crippen LogP contribution in [0.25, 0.3) is 10.9 Å². The van der Waals surface area contributed by atoms with Gasteiger partial charge >= 0.3 is 0 Å². The first kappa shape index (κ1) is 26.6. The lowest BCUT2D eigenvalue weighted by Gasteiger charge is -2.39. The molecule has 0 aliphatic heterocycles. The van der Waals surface area contributed by atoms with Crippen LogP contribution in [0.5, 0.6) is 17.6 Å². The molecule has 3 aromatic rings. The molecular formula is C27H33BrN2O6. The van der Waals surface area contributed by atoms with Crippen LogP contribution in [0.3, 0.4) is 0 Å². The number of benzene rings is 1. The highest BCUT2D eigenvalue weighted by Crippen LogP contribution is 2.49. The van der Waals surface area contributed by atoms with Gasteiger partial charge in [0, 0.05) is 39.9 Å². The predicted octanol–water partition coefficient (Wildman–Crippen LogP) is 4.32. The van der Waals surface area contributed by atoms with Crippen molar-refractivity contribution in [1.29, 1.82) is 0 Å². The van der Waals surface area contributed by atoms with E-state index in [0.717, 1.165) is 27.4 Å². The van der Waals surface area contributed by atoms with E-state index in [1.165, 1.54) is 27.1 Å². The van der Waals surface area contributed by atoms with E-state index >= 15 is 0 Å². The quantitative estimate of drug-likeness (QED) is 0.300. The zero-order chi connectivity index (χ0) is 25.9. The zero-order valence-electron chi connectivity index (χ0n) is 20.8. The first-order chi connectivity index (χ1) is 17.3. The molecule has 0 spiro atoms. The maximum Gasteiger partial charge on any atom is 0.217 e. The molecule has 0 amide bonds. The Hall–Kier alpha value is -2.46. The van der Waals surface area contributed by atoms with Crippen LogP contribution in [0.2, 0.25) is 0 Å². The van der Waals surface area contributed by atoms with Gasteiger partial charge in [-0.2, -0.15) is 4.98 Å². The minimum Gasteiger partial charge on any atom is -0.481 e. The molecule has 4 rings (SSSR count). The molecule has 1 aliphatic rings. The molecule has 1 aromatic carbocycles. The number of pyridine rings is 2. The number of aromatic nitrogens is 2. The van der Waals surface area contributed by atoms with Crippen LogP contribution in [0.1, 0.15) is 49.1 Å². The third-order valence-corrected chi connectivity index (χ3v) is 7.42. The second-order valence-corrected chi connectivity index (χ2v) is 10.3. The van der Waals surface area contributed by atoms with Crippen LogP contribution < -0.4 is 14.2 Å². The molecule has 1 saturated carbocycles.